The van der Waals surface area contributed by atoms with E-state index in [-0.39, 0.29) is 35.3 Å². The maximum atomic E-state index is 12.6. The van der Waals surface area contributed by atoms with Crippen LogP contribution in [0.1, 0.15) is 54.9 Å². The Balaban J connectivity index is 2.33. The van der Waals surface area contributed by atoms with Crippen LogP contribution in [0.4, 0.5) is 0 Å². The number of carbonyl (C=O) groups excluding carboxylic acids is 1. The van der Waals surface area contributed by atoms with Crippen molar-refractivity contribution in [2.75, 3.05) is 6.61 Å². The molecule has 0 N–H and O–H groups in total. The Morgan fingerprint density at radius 3 is 2.23 bits per heavy atom. The number of ether oxygens (including phenoxy) is 3. The molecule has 0 saturated heterocycles. The molecule has 0 aliphatic heterocycles. The number of hydrogen-bond donors (Lipinski definition) is 0. The van der Waals surface area contributed by atoms with Crippen molar-refractivity contribution < 1.29 is 19.0 Å². The van der Waals surface area contributed by atoms with E-state index in [4.69, 9.17) is 14.2 Å². The first-order valence-corrected chi connectivity index (χ1v) is 8.21. The summed E-state index contributed by atoms with van der Waals surface area (Å²) in [5, 5.41) is 0. The van der Waals surface area contributed by atoms with E-state index in [2.05, 4.69) is 6.08 Å². The van der Waals surface area contributed by atoms with E-state index in [0.717, 1.165) is 0 Å². The Labute approximate surface area is 134 Å². The van der Waals surface area contributed by atoms with Gasteiger partial charge in [-0.25, -0.2) is 0 Å². The third-order valence-electron chi connectivity index (χ3n) is 4.07. The van der Waals surface area contributed by atoms with Crippen LogP contribution in [0.3, 0.4) is 0 Å². The molecule has 2 aliphatic carbocycles. The molecule has 0 heterocycles. The lowest BCUT2D eigenvalue weighted by Crippen LogP contribution is -2.50. The molecule has 0 spiro atoms. The average molecular weight is 310 g/mol. The van der Waals surface area contributed by atoms with Crippen molar-refractivity contribution in [1.29, 1.82) is 0 Å². The lowest BCUT2D eigenvalue weighted by atomic mass is 9.83. The summed E-state index contributed by atoms with van der Waals surface area (Å²) in [4.78, 5) is 12.6. The fourth-order valence-electron chi connectivity index (χ4n) is 3.42. The molecular formula is C18H30O4. The monoisotopic (exact) mass is 310 g/mol. The molecule has 1 saturated carbocycles. The SMILES string of the molecule is CCOC(=O)C12C=CC(C1)C(OC(C)(C)C)C2OC(C)(C)C. The molecule has 0 aromatic rings. The van der Waals surface area contributed by atoms with Crippen molar-refractivity contribution in [3.8, 4) is 0 Å². The summed E-state index contributed by atoms with van der Waals surface area (Å²) in [5.74, 6) is 0.0130. The zero-order valence-electron chi connectivity index (χ0n) is 14.9. The minimum atomic E-state index is -0.704. The standard InChI is InChI=1S/C18H30O4/c1-8-20-15(19)18-10-9-12(11-18)13(21-16(2,3)4)14(18)22-17(5,6)7/h9-10,12-14H,8,11H2,1-7H3. The van der Waals surface area contributed by atoms with Crippen molar-refractivity contribution in [2.24, 2.45) is 11.3 Å². The molecule has 4 atom stereocenters. The molecule has 0 radical (unpaired) electrons. The van der Waals surface area contributed by atoms with E-state index in [0.29, 0.717) is 13.0 Å². The second-order valence-electron chi connectivity index (χ2n) is 8.33. The number of rotatable bonds is 4. The summed E-state index contributed by atoms with van der Waals surface area (Å²) in [6, 6.07) is 0. The van der Waals surface area contributed by atoms with Gasteiger partial charge in [0, 0.05) is 5.92 Å². The van der Waals surface area contributed by atoms with Crippen LogP contribution in [-0.4, -0.2) is 36.0 Å². The van der Waals surface area contributed by atoms with E-state index < -0.39 is 5.41 Å². The highest BCUT2D eigenvalue weighted by Gasteiger charge is 2.62. The van der Waals surface area contributed by atoms with Gasteiger partial charge in [-0.2, -0.15) is 0 Å². The zero-order chi connectivity index (χ0) is 16.8. The Morgan fingerprint density at radius 1 is 1.14 bits per heavy atom. The molecule has 1 fully saturated rings. The van der Waals surface area contributed by atoms with E-state index >= 15 is 0 Å². The van der Waals surface area contributed by atoms with Gasteiger partial charge in [0.25, 0.3) is 0 Å². The summed E-state index contributed by atoms with van der Waals surface area (Å²) < 4.78 is 17.9. The Morgan fingerprint density at radius 2 is 1.73 bits per heavy atom. The fourth-order valence-corrected chi connectivity index (χ4v) is 3.42. The maximum Gasteiger partial charge on any atom is 0.318 e. The third-order valence-corrected chi connectivity index (χ3v) is 4.07. The highest BCUT2D eigenvalue weighted by molar-refractivity contribution is 5.82. The van der Waals surface area contributed by atoms with Crippen molar-refractivity contribution in [3.63, 3.8) is 0 Å². The van der Waals surface area contributed by atoms with Gasteiger partial charge in [0.2, 0.25) is 0 Å². The largest absolute Gasteiger partial charge is 0.465 e. The topological polar surface area (TPSA) is 44.8 Å². The van der Waals surface area contributed by atoms with Gasteiger partial charge >= 0.3 is 5.97 Å². The van der Waals surface area contributed by atoms with Crippen molar-refractivity contribution >= 4 is 5.97 Å². The molecule has 4 nitrogen and oxygen atoms in total. The van der Waals surface area contributed by atoms with Gasteiger partial charge in [-0.05, 0) is 54.9 Å². The van der Waals surface area contributed by atoms with Gasteiger partial charge in [-0.1, -0.05) is 12.2 Å². The van der Waals surface area contributed by atoms with Crippen LogP contribution >= 0.6 is 0 Å². The lowest BCUT2D eigenvalue weighted by Gasteiger charge is -2.40. The predicted octanol–water partition coefficient (Wildman–Crippen LogP) is 3.49. The van der Waals surface area contributed by atoms with Gasteiger partial charge in [0.15, 0.2) is 0 Å². The minimum Gasteiger partial charge on any atom is -0.465 e. The molecule has 2 aliphatic rings. The summed E-state index contributed by atoms with van der Waals surface area (Å²) >= 11 is 0. The summed E-state index contributed by atoms with van der Waals surface area (Å²) in [7, 11) is 0. The molecule has 22 heavy (non-hydrogen) atoms. The maximum absolute atomic E-state index is 12.6. The highest BCUT2D eigenvalue weighted by atomic mass is 16.6. The van der Waals surface area contributed by atoms with Gasteiger partial charge in [-0.3, -0.25) is 4.79 Å². The Bertz CT molecular complexity index is 455. The van der Waals surface area contributed by atoms with Crippen LogP contribution in [-0.2, 0) is 19.0 Å². The van der Waals surface area contributed by atoms with Crippen LogP contribution in [0.5, 0.6) is 0 Å². The third kappa shape index (κ3) is 3.38. The predicted molar refractivity (Wildman–Crippen MR) is 85.6 cm³/mol. The second-order valence-corrected chi connectivity index (χ2v) is 8.33. The van der Waals surface area contributed by atoms with Gasteiger partial charge in [0.05, 0.1) is 23.9 Å². The van der Waals surface area contributed by atoms with Gasteiger partial charge < -0.3 is 14.2 Å². The first kappa shape index (κ1) is 17.5. The average Bonchev–Trinajstić information content (AvgIpc) is 2.86. The molecule has 0 aromatic heterocycles. The minimum absolute atomic E-state index is 0.117. The van der Waals surface area contributed by atoms with E-state index in [1.165, 1.54) is 0 Å². The van der Waals surface area contributed by atoms with Crippen LogP contribution in [0, 0.1) is 11.3 Å². The van der Waals surface area contributed by atoms with Crippen LogP contribution in [0.2, 0.25) is 0 Å². The molecule has 2 bridgehead atoms. The van der Waals surface area contributed by atoms with Gasteiger partial charge in [-0.15, -0.1) is 0 Å². The molecule has 0 aromatic carbocycles. The summed E-state index contributed by atoms with van der Waals surface area (Å²) in [5.41, 5.74) is -1.33. The molecule has 4 unspecified atom stereocenters. The first-order valence-electron chi connectivity index (χ1n) is 8.21. The highest BCUT2D eigenvalue weighted by Crippen LogP contribution is 2.54. The summed E-state index contributed by atoms with van der Waals surface area (Å²) in [6.07, 6.45) is 4.37. The second kappa shape index (κ2) is 5.64. The van der Waals surface area contributed by atoms with Crippen LogP contribution in [0.15, 0.2) is 12.2 Å². The van der Waals surface area contributed by atoms with Crippen molar-refractivity contribution in [3.05, 3.63) is 12.2 Å². The molecule has 4 heteroatoms. The van der Waals surface area contributed by atoms with E-state index in [1.54, 1.807) is 0 Å². The normalized spacial score (nSPS) is 34.2. The van der Waals surface area contributed by atoms with Gasteiger partial charge in [0.1, 0.15) is 11.5 Å². The molecular weight excluding hydrogens is 280 g/mol. The number of esters is 1. The number of fused-ring (bicyclic) bond motifs is 2. The van der Waals surface area contributed by atoms with Crippen LogP contribution < -0.4 is 0 Å². The fraction of sp³-hybridized carbons (Fsp3) is 0.833. The van der Waals surface area contributed by atoms with Crippen molar-refractivity contribution in [1.82, 2.24) is 0 Å². The van der Waals surface area contributed by atoms with Crippen LogP contribution in [0.25, 0.3) is 0 Å². The van der Waals surface area contributed by atoms with E-state index in [1.807, 2.05) is 54.5 Å². The molecule has 126 valence electrons. The van der Waals surface area contributed by atoms with E-state index in [9.17, 15) is 4.79 Å². The molecule has 2 rings (SSSR count). The quantitative estimate of drug-likeness (QED) is 0.589. The lowest BCUT2D eigenvalue weighted by molar-refractivity contribution is -0.192. The summed E-state index contributed by atoms with van der Waals surface area (Å²) in [6.45, 7) is 14.4. The smallest absolute Gasteiger partial charge is 0.318 e. The Hall–Kier alpha value is -0.870. The zero-order valence-corrected chi connectivity index (χ0v) is 14.9. The first-order chi connectivity index (χ1) is 9.98. The van der Waals surface area contributed by atoms with Crippen molar-refractivity contribution in [2.45, 2.75) is 78.3 Å². The number of carbonyl (C=O) groups is 1. The Kier molecular flexibility index (Phi) is 4.48. The number of hydrogen-bond acceptors (Lipinski definition) is 4. The molecule has 0 amide bonds.